The van der Waals surface area contributed by atoms with Crippen molar-refractivity contribution in [2.45, 2.75) is 6.92 Å². The molecule has 3 aromatic heterocycles. The summed E-state index contributed by atoms with van der Waals surface area (Å²) >= 11 is 1.62. The summed E-state index contributed by atoms with van der Waals surface area (Å²) in [5.74, 6) is 0.508. The summed E-state index contributed by atoms with van der Waals surface area (Å²) in [6.07, 6.45) is 6.69. The number of pyridine rings is 1. The Hall–Kier alpha value is -3.32. The van der Waals surface area contributed by atoms with E-state index < -0.39 is 0 Å². The minimum absolute atomic E-state index is 0.202. The number of nitrogens with zero attached hydrogens (tertiary/aromatic N) is 4. The summed E-state index contributed by atoms with van der Waals surface area (Å²) in [6, 6.07) is 11.2. The van der Waals surface area contributed by atoms with Gasteiger partial charge in [0.05, 0.1) is 16.3 Å². The van der Waals surface area contributed by atoms with Crippen LogP contribution in [0, 0.1) is 6.92 Å². The van der Waals surface area contributed by atoms with E-state index in [1.807, 2.05) is 36.6 Å². The molecule has 6 nitrogen and oxygen atoms in total. The van der Waals surface area contributed by atoms with E-state index >= 15 is 0 Å². The van der Waals surface area contributed by atoms with Crippen molar-refractivity contribution in [1.29, 1.82) is 0 Å². The van der Waals surface area contributed by atoms with Crippen LogP contribution in [0.2, 0.25) is 0 Å². The molecular weight excluding hydrogens is 346 g/mol. The average Bonchev–Trinajstić information content (AvgIpc) is 3.34. The van der Waals surface area contributed by atoms with Gasteiger partial charge in [-0.25, -0.2) is 15.0 Å². The Kier molecular flexibility index (Phi) is 4.28. The molecule has 0 aliphatic heterocycles. The molecule has 4 aromatic rings. The number of nitrogens with one attached hydrogen (secondary N) is 1. The first-order chi connectivity index (χ1) is 12.7. The third-order valence-electron chi connectivity index (χ3n) is 3.84. The molecule has 0 fully saturated rings. The lowest BCUT2D eigenvalue weighted by Crippen LogP contribution is -2.12. The van der Waals surface area contributed by atoms with E-state index in [9.17, 15) is 4.79 Å². The van der Waals surface area contributed by atoms with Crippen LogP contribution in [0.4, 0.5) is 5.69 Å². The van der Waals surface area contributed by atoms with Gasteiger partial charge in [0.15, 0.2) is 0 Å². The molecule has 0 saturated carbocycles. The van der Waals surface area contributed by atoms with Gasteiger partial charge in [0.25, 0.3) is 5.91 Å². The highest BCUT2D eigenvalue weighted by atomic mass is 32.1. The topological polar surface area (TPSA) is 72.7 Å². The quantitative estimate of drug-likeness (QED) is 0.597. The van der Waals surface area contributed by atoms with Crippen LogP contribution < -0.4 is 5.32 Å². The Bertz CT molecular complexity index is 1020. The van der Waals surface area contributed by atoms with Gasteiger partial charge in [0.1, 0.15) is 12.1 Å². The number of hydrogen-bond acceptors (Lipinski definition) is 5. The van der Waals surface area contributed by atoms with Gasteiger partial charge in [-0.3, -0.25) is 9.36 Å². The summed E-state index contributed by atoms with van der Waals surface area (Å²) in [5, 5.41) is 5.94. The predicted molar refractivity (Wildman–Crippen MR) is 102 cm³/mol. The number of rotatable bonds is 4. The van der Waals surface area contributed by atoms with Crippen molar-refractivity contribution in [2.75, 3.05) is 5.32 Å². The van der Waals surface area contributed by atoms with Crippen LogP contribution in [0.5, 0.6) is 0 Å². The molecule has 3 heterocycles. The summed E-state index contributed by atoms with van der Waals surface area (Å²) in [7, 11) is 0. The van der Waals surface area contributed by atoms with E-state index in [0.29, 0.717) is 11.4 Å². The number of carbonyl (C=O) groups is 1. The number of benzene rings is 1. The van der Waals surface area contributed by atoms with Crippen molar-refractivity contribution < 1.29 is 4.79 Å². The number of hydrogen-bond donors (Lipinski definition) is 1. The smallest absolute Gasteiger partial charge is 0.257 e. The fourth-order valence-electron chi connectivity index (χ4n) is 2.49. The minimum atomic E-state index is -0.202. The Morgan fingerprint density at radius 3 is 2.62 bits per heavy atom. The van der Waals surface area contributed by atoms with Crippen LogP contribution in [0.25, 0.3) is 17.1 Å². The number of thiazole rings is 1. The number of imidazole rings is 1. The second-order valence-corrected chi connectivity index (χ2v) is 6.72. The van der Waals surface area contributed by atoms with Crippen molar-refractivity contribution in [3.05, 3.63) is 77.3 Å². The zero-order valence-electron chi connectivity index (χ0n) is 14.0. The van der Waals surface area contributed by atoms with Crippen LogP contribution in [0.1, 0.15) is 15.4 Å². The van der Waals surface area contributed by atoms with Gasteiger partial charge in [-0.2, -0.15) is 0 Å². The van der Waals surface area contributed by atoms with Gasteiger partial charge in [0.2, 0.25) is 0 Å². The fourth-order valence-corrected chi connectivity index (χ4v) is 3.11. The maximum atomic E-state index is 12.4. The van der Waals surface area contributed by atoms with E-state index in [1.54, 1.807) is 53.0 Å². The van der Waals surface area contributed by atoms with Crippen molar-refractivity contribution in [3.63, 3.8) is 0 Å². The highest BCUT2D eigenvalue weighted by Gasteiger charge is 2.08. The molecule has 1 amide bonds. The second kappa shape index (κ2) is 6.89. The molecular formula is C19H15N5OS. The summed E-state index contributed by atoms with van der Waals surface area (Å²) in [5.41, 5.74) is 3.20. The molecule has 26 heavy (non-hydrogen) atoms. The molecule has 4 rings (SSSR count). The molecule has 0 saturated heterocycles. The van der Waals surface area contributed by atoms with Crippen LogP contribution in [0.3, 0.4) is 0 Å². The standard InChI is InChI=1S/C19H15N5OS/c1-13-22-17(11-26-13)14-2-5-16(6-3-14)23-19(25)15-4-7-18(21-10-15)24-9-8-20-12-24/h2-12H,1H3,(H,23,25). The molecule has 0 aliphatic rings. The fraction of sp³-hybridized carbons (Fsp3) is 0.0526. The molecule has 0 spiro atoms. The lowest BCUT2D eigenvalue weighted by atomic mass is 10.1. The van der Waals surface area contributed by atoms with E-state index in [4.69, 9.17) is 0 Å². The van der Waals surface area contributed by atoms with E-state index in [1.165, 1.54) is 0 Å². The van der Waals surface area contributed by atoms with Crippen LogP contribution >= 0.6 is 11.3 Å². The maximum Gasteiger partial charge on any atom is 0.257 e. The number of aryl methyl sites for hydroxylation is 1. The molecule has 0 bridgehead atoms. The van der Waals surface area contributed by atoms with Gasteiger partial charge < -0.3 is 5.32 Å². The van der Waals surface area contributed by atoms with Crippen LogP contribution in [0.15, 0.2) is 66.7 Å². The normalized spacial score (nSPS) is 10.7. The van der Waals surface area contributed by atoms with Crippen LogP contribution in [-0.2, 0) is 0 Å². The zero-order valence-corrected chi connectivity index (χ0v) is 14.8. The predicted octanol–water partition coefficient (Wildman–Crippen LogP) is 3.95. The first kappa shape index (κ1) is 16.2. The van der Waals surface area contributed by atoms with Crippen molar-refractivity contribution >= 4 is 22.9 Å². The van der Waals surface area contributed by atoms with Gasteiger partial charge in [0, 0.05) is 35.2 Å². The molecule has 128 valence electrons. The first-order valence-corrected chi connectivity index (χ1v) is 8.85. The Balaban J connectivity index is 1.46. The number of anilines is 1. The molecule has 0 aliphatic carbocycles. The monoisotopic (exact) mass is 361 g/mol. The zero-order chi connectivity index (χ0) is 17.9. The van der Waals surface area contributed by atoms with E-state index in [0.717, 1.165) is 22.0 Å². The first-order valence-electron chi connectivity index (χ1n) is 7.97. The lowest BCUT2D eigenvalue weighted by molar-refractivity contribution is 0.102. The molecule has 1 N–H and O–H groups in total. The number of amides is 1. The van der Waals surface area contributed by atoms with E-state index in [-0.39, 0.29) is 5.91 Å². The number of carbonyl (C=O) groups excluding carboxylic acids is 1. The molecule has 0 atom stereocenters. The van der Waals surface area contributed by atoms with Gasteiger partial charge in [-0.05, 0) is 31.2 Å². The summed E-state index contributed by atoms with van der Waals surface area (Å²) in [6.45, 7) is 1.98. The largest absolute Gasteiger partial charge is 0.322 e. The van der Waals surface area contributed by atoms with Crippen molar-refractivity contribution in [3.8, 4) is 17.1 Å². The molecule has 1 aromatic carbocycles. The SMILES string of the molecule is Cc1nc(-c2ccc(NC(=O)c3ccc(-n4ccnc4)nc3)cc2)cs1. The summed E-state index contributed by atoms with van der Waals surface area (Å²) < 4.78 is 1.78. The van der Waals surface area contributed by atoms with E-state index in [2.05, 4.69) is 20.3 Å². The third-order valence-corrected chi connectivity index (χ3v) is 4.61. The maximum absolute atomic E-state index is 12.4. The molecule has 7 heteroatoms. The Morgan fingerprint density at radius 1 is 1.15 bits per heavy atom. The average molecular weight is 361 g/mol. The van der Waals surface area contributed by atoms with Gasteiger partial charge in [-0.1, -0.05) is 12.1 Å². The highest BCUT2D eigenvalue weighted by Crippen LogP contribution is 2.23. The lowest BCUT2D eigenvalue weighted by Gasteiger charge is -2.07. The Morgan fingerprint density at radius 2 is 2.00 bits per heavy atom. The Labute approximate surface area is 154 Å². The summed E-state index contributed by atoms with van der Waals surface area (Å²) in [4.78, 5) is 25.1. The molecule has 0 radical (unpaired) electrons. The second-order valence-electron chi connectivity index (χ2n) is 5.66. The van der Waals surface area contributed by atoms with Gasteiger partial charge >= 0.3 is 0 Å². The van der Waals surface area contributed by atoms with Crippen molar-refractivity contribution in [2.24, 2.45) is 0 Å². The number of aromatic nitrogens is 4. The highest BCUT2D eigenvalue weighted by molar-refractivity contribution is 7.09. The van der Waals surface area contributed by atoms with Crippen LogP contribution in [-0.4, -0.2) is 25.4 Å². The third kappa shape index (κ3) is 3.38. The molecule has 0 unspecified atom stereocenters. The van der Waals surface area contributed by atoms with Gasteiger partial charge in [-0.15, -0.1) is 11.3 Å². The van der Waals surface area contributed by atoms with Crippen molar-refractivity contribution in [1.82, 2.24) is 19.5 Å². The minimum Gasteiger partial charge on any atom is -0.322 e.